The maximum Gasteiger partial charge on any atom is 0.247 e. The van der Waals surface area contributed by atoms with Crippen LogP contribution < -0.4 is 25.0 Å². The van der Waals surface area contributed by atoms with Crippen LogP contribution in [0.5, 0.6) is 11.5 Å². The molecule has 37 heavy (non-hydrogen) atoms. The second-order valence-electron chi connectivity index (χ2n) is 8.55. The Bertz CT molecular complexity index is 1260. The molecule has 3 rings (SSSR count). The number of likely N-dealkylation sites (N-methyl/N-ethyl adjacent to an activating group) is 2. The molecule has 1 amide bonds. The van der Waals surface area contributed by atoms with Crippen molar-refractivity contribution < 1.29 is 14.3 Å². The molecule has 0 unspecified atom stereocenters. The summed E-state index contributed by atoms with van der Waals surface area (Å²) in [5.74, 6) is 1.56. The van der Waals surface area contributed by atoms with Crippen LogP contribution in [0.25, 0.3) is 11.4 Å². The number of aryl methyl sites for hydroxylation is 1. The van der Waals surface area contributed by atoms with Gasteiger partial charge in [-0.2, -0.15) is 4.98 Å². The summed E-state index contributed by atoms with van der Waals surface area (Å²) in [6.45, 7) is 7.02. The molecule has 0 radical (unpaired) electrons. The third-order valence-corrected chi connectivity index (χ3v) is 5.85. The van der Waals surface area contributed by atoms with Crippen LogP contribution >= 0.6 is 11.6 Å². The smallest absolute Gasteiger partial charge is 0.247 e. The molecule has 2 aromatic carbocycles. The zero-order chi connectivity index (χ0) is 27.1. The minimum Gasteiger partial charge on any atom is -0.495 e. The van der Waals surface area contributed by atoms with Crippen LogP contribution in [0.3, 0.4) is 0 Å². The van der Waals surface area contributed by atoms with E-state index >= 15 is 0 Å². The Labute approximate surface area is 222 Å². The highest BCUT2D eigenvalue weighted by Gasteiger charge is 2.17. The molecule has 11 heteroatoms. The zero-order valence-corrected chi connectivity index (χ0v) is 22.7. The van der Waals surface area contributed by atoms with Gasteiger partial charge >= 0.3 is 0 Å². The number of amides is 1. The number of aromatic nitrogens is 3. The lowest BCUT2D eigenvalue weighted by molar-refractivity contribution is -0.111. The Balaban J connectivity index is 1.99. The van der Waals surface area contributed by atoms with E-state index in [0.717, 1.165) is 29.9 Å². The Morgan fingerprint density at radius 2 is 1.84 bits per heavy atom. The minimum atomic E-state index is -0.326. The van der Waals surface area contributed by atoms with E-state index in [0.29, 0.717) is 39.7 Å². The van der Waals surface area contributed by atoms with Crippen molar-refractivity contribution in [2.75, 3.05) is 64.0 Å². The summed E-state index contributed by atoms with van der Waals surface area (Å²) >= 11 is 6.37. The average molecular weight is 526 g/mol. The molecule has 0 fully saturated rings. The molecule has 0 bridgehead atoms. The number of rotatable bonds is 11. The molecule has 0 spiro atoms. The monoisotopic (exact) mass is 525 g/mol. The maximum atomic E-state index is 12.2. The van der Waals surface area contributed by atoms with Gasteiger partial charge in [0.25, 0.3) is 0 Å². The number of methoxy groups -OCH3 is 2. The van der Waals surface area contributed by atoms with Gasteiger partial charge in [-0.25, -0.2) is 9.97 Å². The predicted molar refractivity (Wildman–Crippen MR) is 148 cm³/mol. The van der Waals surface area contributed by atoms with Crippen molar-refractivity contribution in [3.8, 4) is 22.9 Å². The normalized spacial score (nSPS) is 10.7. The number of nitrogens with zero attached hydrogens (tertiary/aromatic N) is 5. The molecule has 2 N–H and O–H groups in total. The highest BCUT2D eigenvalue weighted by molar-refractivity contribution is 6.32. The fraction of sp³-hybridized carbons (Fsp3) is 0.308. The standard InChI is InChI=1S/C26H32ClN7O3/c1-8-23(35)30-19-13-20(22(36-6)14-21(19)34(5)10-9-33(3)4)31-26-29-15-28-25(32-26)17-11-16(2)24(37-7)18(27)12-17/h8,11-15H,1,9-10H2,2-7H3,(H,30,35)(H,28,29,31,32). The lowest BCUT2D eigenvalue weighted by atomic mass is 10.1. The summed E-state index contributed by atoms with van der Waals surface area (Å²) in [7, 11) is 9.11. The number of hydrogen-bond donors (Lipinski definition) is 2. The molecule has 1 heterocycles. The Morgan fingerprint density at radius 3 is 2.46 bits per heavy atom. The fourth-order valence-electron chi connectivity index (χ4n) is 3.64. The second kappa shape index (κ2) is 12.4. The van der Waals surface area contributed by atoms with Crippen LogP contribution in [-0.2, 0) is 4.79 Å². The van der Waals surface area contributed by atoms with Gasteiger partial charge in [0.15, 0.2) is 5.82 Å². The molecule has 0 aliphatic carbocycles. The van der Waals surface area contributed by atoms with E-state index in [4.69, 9.17) is 21.1 Å². The molecule has 196 valence electrons. The lowest BCUT2D eigenvalue weighted by Gasteiger charge is -2.26. The second-order valence-corrected chi connectivity index (χ2v) is 8.96. The first-order chi connectivity index (χ1) is 17.7. The molecule has 0 atom stereocenters. The van der Waals surface area contributed by atoms with Crippen LogP contribution in [0.2, 0.25) is 5.02 Å². The minimum absolute atomic E-state index is 0.294. The van der Waals surface area contributed by atoms with Gasteiger partial charge in [0, 0.05) is 31.8 Å². The zero-order valence-electron chi connectivity index (χ0n) is 21.9. The van der Waals surface area contributed by atoms with E-state index in [-0.39, 0.29) is 5.91 Å². The number of ether oxygens (including phenoxy) is 2. The molecule has 3 aromatic rings. The number of carbonyl (C=O) groups excluding carboxylic acids is 1. The number of halogens is 1. The predicted octanol–water partition coefficient (Wildman–Crippen LogP) is 4.38. The van der Waals surface area contributed by atoms with Crippen molar-refractivity contribution >= 4 is 40.5 Å². The van der Waals surface area contributed by atoms with Gasteiger partial charge in [0.2, 0.25) is 11.9 Å². The van der Waals surface area contributed by atoms with Gasteiger partial charge in [-0.05, 0) is 50.9 Å². The van der Waals surface area contributed by atoms with E-state index in [1.165, 1.54) is 12.4 Å². The Kier molecular flexibility index (Phi) is 9.26. The lowest BCUT2D eigenvalue weighted by Crippen LogP contribution is -2.29. The molecule has 0 saturated carbocycles. The van der Waals surface area contributed by atoms with Gasteiger partial charge in [-0.1, -0.05) is 18.2 Å². The van der Waals surface area contributed by atoms with Crippen molar-refractivity contribution in [1.82, 2.24) is 19.9 Å². The van der Waals surface area contributed by atoms with Crippen molar-refractivity contribution in [3.63, 3.8) is 0 Å². The molecular formula is C26H32ClN7O3. The highest BCUT2D eigenvalue weighted by Crippen LogP contribution is 2.38. The maximum absolute atomic E-state index is 12.2. The highest BCUT2D eigenvalue weighted by atomic mass is 35.5. The number of carbonyl (C=O) groups is 1. The summed E-state index contributed by atoms with van der Waals surface area (Å²) in [6, 6.07) is 7.27. The number of anilines is 4. The van der Waals surface area contributed by atoms with Crippen LogP contribution in [-0.4, -0.2) is 74.2 Å². The molecule has 0 saturated heterocycles. The van der Waals surface area contributed by atoms with Gasteiger partial charge in [-0.3, -0.25) is 4.79 Å². The van der Waals surface area contributed by atoms with Crippen LogP contribution in [0, 0.1) is 6.92 Å². The van der Waals surface area contributed by atoms with E-state index in [2.05, 4.69) is 37.1 Å². The number of hydrogen-bond acceptors (Lipinski definition) is 9. The van der Waals surface area contributed by atoms with Crippen LogP contribution in [0.4, 0.5) is 23.0 Å². The molecule has 0 aliphatic rings. The number of nitrogens with one attached hydrogen (secondary N) is 2. The van der Waals surface area contributed by atoms with Crippen molar-refractivity contribution in [2.45, 2.75) is 6.92 Å². The molecular weight excluding hydrogens is 494 g/mol. The van der Waals surface area contributed by atoms with E-state index < -0.39 is 0 Å². The van der Waals surface area contributed by atoms with Crippen molar-refractivity contribution in [3.05, 3.63) is 53.8 Å². The third kappa shape index (κ3) is 6.87. The summed E-state index contributed by atoms with van der Waals surface area (Å²) in [6.07, 6.45) is 2.63. The van der Waals surface area contributed by atoms with Crippen LogP contribution in [0.15, 0.2) is 43.2 Å². The third-order valence-electron chi connectivity index (χ3n) is 5.56. The van der Waals surface area contributed by atoms with Gasteiger partial charge in [0.05, 0.1) is 36.3 Å². The van der Waals surface area contributed by atoms with Crippen LogP contribution in [0.1, 0.15) is 5.56 Å². The molecule has 10 nitrogen and oxygen atoms in total. The first-order valence-electron chi connectivity index (χ1n) is 11.5. The van der Waals surface area contributed by atoms with Crippen molar-refractivity contribution in [2.24, 2.45) is 0 Å². The summed E-state index contributed by atoms with van der Waals surface area (Å²) in [4.78, 5) is 29.4. The van der Waals surface area contributed by atoms with Gasteiger partial charge in [0.1, 0.15) is 17.8 Å². The largest absolute Gasteiger partial charge is 0.495 e. The molecule has 1 aromatic heterocycles. The fourth-order valence-corrected chi connectivity index (χ4v) is 3.98. The summed E-state index contributed by atoms with van der Waals surface area (Å²) in [5.41, 5.74) is 3.52. The first kappa shape index (κ1) is 27.7. The molecule has 0 aliphatic heterocycles. The van der Waals surface area contributed by atoms with Crippen molar-refractivity contribution in [1.29, 1.82) is 0 Å². The SMILES string of the molecule is C=CC(=O)Nc1cc(Nc2ncnc(-c3cc(C)c(OC)c(Cl)c3)n2)c(OC)cc1N(C)CCN(C)C. The number of benzene rings is 2. The van der Waals surface area contributed by atoms with E-state index in [1.54, 1.807) is 26.4 Å². The topological polar surface area (TPSA) is 105 Å². The quantitative estimate of drug-likeness (QED) is 0.353. The average Bonchev–Trinajstić information content (AvgIpc) is 2.87. The summed E-state index contributed by atoms with van der Waals surface area (Å²) < 4.78 is 11.0. The Morgan fingerprint density at radius 1 is 1.08 bits per heavy atom. The van der Waals surface area contributed by atoms with Gasteiger partial charge < -0.3 is 29.9 Å². The van der Waals surface area contributed by atoms with E-state index in [1.807, 2.05) is 45.1 Å². The van der Waals surface area contributed by atoms with Gasteiger partial charge in [-0.15, -0.1) is 0 Å². The first-order valence-corrected chi connectivity index (χ1v) is 11.9. The summed E-state index contributed by atoms with van der Waals surface area (Å²) in [5, 5.41) is 6.53. The van der Waals surface area contributed by atoms with E-state index in [9.17, 15) is 4.79 Å². The Hall–Kier alpha value is -3.89.